The second-order valence-corrected chi connectivity index (χ2v) is 12.5. The van der Waals surface area contributed by atoms with E-state index in [2.05, 4.69) is 0 Å². The molecular weight excluding hydrogens is 403 g/mol. The Labute approximate surface area is 187 Å². The number of hydrogen-bond acceptors (Lipinski definition) is 3. The van der Waals surface area contributed by atoms with Gasteiger partial charge < -0.3 is 14.8 Å². The van der Waals surface area contributed by atoms with Gasteiger partial charge in [-0.05, 0) is 37.5 Å². The molecule has 0 amide bonds. The topological polar surface area (TPSA) is 57.5 Å². The van der Waals surface area contributed by atoms with Crippen molar-refractivity contribution < 1.29 is 14.8 Å². The van der Waals surface area contributed by atoms with Crippen LogP contribution in [0.4, 0.5) is 0 Å². The zero-order valence-electron chi connectivity index (χ0n) is 18.5. The van der Waals surface area contributed by atoms with Crippen molar-refractivity contribution in [3.63, 3.8) is 0 Å². The lowest BCUT2D eigenvalue weighted by Gasteiger charge is -2.42. The van der Waals surface area contributed by atoms with E-state index in [9.17, 15) is 10.2 Å². The standard InChI is InChI=1S/C27H37O3P/c28-25(21-13-5-1-6-14-21)26(29)27(22-15-7-2-8-16-22)31(30,23-17-9-3-10-18-23)24-19-11-4-12-20-24/h3-4,9-12,17-22,25-29H,1-2,5-8,13-16H2/t25-,26+,27?/m1/s1. The highest BCUT2D eigenvalue weighted by atomic mass is 31.2. The molecule has 0 bridgehead atoms. The molecule has 0 aromatic heterocycles. The average molecular weight is 441 g/mol. The molecule has 0 saturated heterocycles. The van der Waals surface area contributed by atoms with E-state index in [1.807, 2.05) is 60.7 Å². The fourth-order valence-electron chi connectivity index (χ4n) is 6.02. The lowest BCUT2D eigenvalue weighted by atomic mass is 9.79. The van der Waals surface area contributed by atoms with Crippen LogP contribution in [-0.2, 0) is 4.57 Å². The first-order valence-electron chi connectivity index (χ1n) is 12.2. The Bertz CT molecular complexity index is 798. The molecule has 0 heterocycles. The van der Waals surface area contributed by atoms with Gasteiger partial charge in [-0.25, -0.2) is 0 Å². The highest BCUT2D eigenvalue weighted by Crippen LogP contribution is 2.56. The van der Waals surface area contributed by atoms with Gasteiger partial charge in [-0.1, -0.05) is 99.2 Å². The van der Waals surface area contributed by atoms with Crippen LogP contribution in [-0.4, -0.2) is 28.1 Å². The highest BCUT2D eigenvalue weighted by molar-refractivity contribution is 7.79. The second-order valence-electron chi connectivity index (χ2n) is 9.60. The summed E-state index contributed by atoms with van der Waals surface area (Å²) in [6.07, 6.45) is 8.91. The number of hydrogen-bond donors (Lipinski definition) is 2. The first kappa shape index (κ1) is 22.8. The molecule has 4 rings (SSSR count). The van der Waals surface area contributed by atoms with Gasteiger partial charge in [0.2, 0.25) is 0 Å². The smallest absolute Gasteiger partial charge is 0.149 e. The summed E-state index contributed by atoms with van der Waals surface area (Å²) in [4.78, 5) is 0. The van der Waals surface area contributed by atoms with Crippen LogP contribution < -0.4 is 10.6 Å². The maximum absolute atomic E-state index is 15.2. The molecule has 31 heavy (non-hydrogen) atoms. The van der Waals surface area contributed by atoms with Gasteiger partial charge in [0.15, 0.2) is 0 Å². The predicted molar refractivity (Wildman–Crippen MR) is 129 cm³/mol. The van der Waals surface area contributed by atoms with Crippen molar-refractivity contribution in [2.24, 2.45) is 11.8 Å². The molecule has 3 atom stereocenters. The number of aliphatic hydroxyl groups excluding tert-OH is 2. The summed E-state index contributed by atoms with van der Waals surface area (Å²) in [5, 5.41) is 24.6. The van der Waals surface area contributed by atoms with E-state index in [0.29, 0.717) is 0 Å². The van der Waals surface area contributed by atoms with Gasteiger partial charge in [-0.3, -0.25) is 0 Å². The largest absolute Gasteiger partial charge is 0.390 e. The van der Waals surface area contributed by atoms with E-state index < -0.39 is 25.0 Å². The molecule has 2 aromatic carbocycles. The molecule has 0 spiro atoms. The van der Waals surface area contributed by atoms with E-state index in [-0.39, 0.29) is 11.8 Å². The van der Waals surface area contributed by atoms with Crippen LogP contribution in [0, 0.1) is 11.8 Å². The molecule has 2 aliphatic carbocycles. The molecule has 2 saturated carbocycles. The van der Waals surface area contributed by atoms with Gasteiger partial charge in [-0.2, -0.15) is 0 Å². The average Bonchev–Trinajstić information content (AvgIpc) is 2.85. The van der Waals surface area contributed by atoms with Crippen molar-refractivity contribution in [2.45, 2.75) is 82.1 Å². The van der Waals surface area contributed by atoms with Crippen molar-refractivity contribution in [2.75, 3.05) is 0 Å². The minimum atomic E-state index is -3.17. The van der Waals surface area contributed by atoms with E-state index in [4.69, 9.17) is 0 Å². The summed E-state index contributed by atoms with van der Waals surface area (Å²) < 4.78 is 15.2. The molecule has 3 nitrogen and oxygen atoms in total. The van der Waals surface area contributed by atoms with Crippen LogP contribution in [0.1, 0.15) is 64.2 Å². The third-order valence-corrected chi connectivity index (χ3v) is 11.4. The Morgan fingerprint density at radius 1 is 0.645 bits per heavy atom. The zero-order valence-corrected chi connectivity index (χ0v) is 19.4. The number of rotatable bonds is 7. The molecule has 2 aliphatic rings. The van der Waals surface area contributed by atoms with Gasteiger partial charge in [-0.15, -0.1) is 0 Å². The first-order valence-corrected chi connectivity index (χ1v) is 14.0. The third kappa shape index (κ3) is 4.85. The van der Waals surface area contributed by atoms with E-state index in [1.54, 1.807) is 0 Å². The monoisotopic (exact) mass is 440 g/mol. The molecule has 168 valence electrons. The summed E-state index contributed by atoms with van der Waals surface area (Å²) in [6, 6.07) is 19.4. The van der Waals surface area contributed by atoms with Crippen LogP contribution in [0.2, 0.25) is 0 Å². The molecule has 0 radical (unpaired) electrons. The Morgan fingerprint density at radius 2 is 1.06 bits per heavy atom. The van der Waals surface area contributed by atoms with Crippen molar-refractivity contribution in [1.82, 2.24) is 0 Å². The maximum atomic E-state index is 15.2. The van der Waals surface area contributed by atoms with E-state index >= 15 is 4.57 Å². The summed E-state index contributed by atoms with van der Waals surface area (Å²) in [5.41, 5.74) is -0.450. The van der Waals surface area contributed by atoms with E-state index in [1.165, 1.54) is 12.8 Å². The highest BCUT2D eigenvalue weighted by Gasteiger charge is 2.48. The Balaban J connectivity index is 1.79. The van der Waals surface area contributed by atoms with Crippen LogP contribution in [0.5, 0.6) is 0 Å². The quantitative estimate of drug-likeness (QED) is 0.578. The lowest BCUT2D eigenvalue weighted by molar-refractivity contribution is -0.0372. The summed E-state index contributed by atoms with van der Waals surface area (Å²) in [5.74, 6) is 0.267. The predicted octanol–water partition coefficient (Wildman–Crippen LogP) is 5.25. The van der Waals surface area contributed by atoms with Crippen molar-refractivity contribution in [1.29, 1.82) is 0 Å². The zero-order chi connectivity index (χ0) is 21.7. The molecule has 4 heteroatoms. The fourth-order valence-corrected chi connectivity index (χ4v) is 9.73. The van der Waals surface area contributed by atoms with Crippen molar-refractivity contribution in [3.8, 4) is 0 Å². The minimum Gasteiger partial charge on any atom is -0.390 e. The molecule has 2 N–H and O–H groups in total. The first-order chi connectivity index (χ1) is 15.1. The Hall–Kier alpha value is -1.41. The van der Waals surface area contributed by atoms with Gasteiger partial charge in [0, 0.05) is 10.6 Å². The minimum absolute atomic E-state index is 0.106. The van der Waals surface area contributed by atoms with Gasteiger partial charge in [0.05, 0.1) is 17.9 Å². The summed E-state index contributed by atoms with van der Waals surface area (Å²) in [7, 11) is -3.17. The van der Waals surface area contributed by atoms with Gasteiger partial charge >= 0.3 is 0 Å². The maximum Gasteiger partial charge on any atom is 0.149 e. The molecule has 0 aliphatic heterocycles. The Kier molecular flexibility index (Phi) is 7.69. The van der Waals surface area contributed by atoms with Crippen molar-refractivity contribution >= 4 is 17.8 Å². The van der Waals surface area contributed by atoms with Crippen LogP contribution in [0.3, 0.4) is 0 Å². The van der Waals surface area contributed by atoms with Crippen LogP contribution in [0.25, 0.3) is 0 Å². The summed E-state index contributed by atoms with van der Waals surface area (Å²) in [6.45, 7) is 0. The molecule has 2 aromatic rings. The molecule has 1 unspecified atom stereocenters. The number of benzene rings is 2. The van der Waals surface area contributed by atoms with E-state index in [0.717, 1.165) is 62.0 Å². The summed E-state index contributed by atoms with van der Waals surface area (Å²) >= 11 is 0. The Morgan fingerprint density at radius 3 is 1.52 bits per heavy atom. The fraction of sp³-hybridized carbons (Fsp3) is 0.556. The second kappa shape index (κ2) is 10.5. The lowest BCUT2D eigenvalue weighted by Crippen LogP contribution is -2.48. The third-order valence-electron chi connectivity index (χ3n) is 7.66. The SMILES string of the molecule is O=P(c1ccccc1)(c1ccccc1)C(C1CCCCC1)[C@@H](O)[C@H](O)C1CCCCC1. The van der Waals surface area contributed by atoms with Gasteiger partial charge in [0.25, 0.3) is 0 Å². The van der Waals surface area contributed by atoms with Gasteiger partial charge in [0.1, 0.15) is 7.14 Å². The molecular formula is C27H37O3P. The van der Waals surface area contributed by atoms with Crippen LogP contribution >= 0.6 is 7.14 Å². The van der Waals surface area contributed by atoms with Crippen LogP contribution in [0.15, 0.2) is 60.7 Å². The molecule has 2 fully saturated rings. The number of aliphatic hydroxyl groups is 2. The normalized spacial score (nSPS) is 22.0. The van der Waals surface area contributed by atoms with Crippen molar-refractivity contribution in [3.05, 3.63) is 60.7 Å².